The van der Waals surface area contributed by atoms with Gasteiger partial charge < -0.3 is 44.5 Å². The average Bonchev–Trinajstić information content (AvgIpc) is 3.61. The van der Waals surface area contributed by atoms with Crippen molar-refractivity contribution in [1.29, 1.82) is 0 Å². The standard InChI is InChI=1S/C27H39FN6O16P2S/c1-11(35)43-7-14(28)15-19(38)20(45-12(2)36)16-25(48-27(15,16)46-13(3)37)49-51(40,41)50-52(42,53)44-8-26(4)21(39)18(33(5)6)24(47-26)34-10-32-17-22(29)30-9-31-23(17)34/h9-10,14-16,18-21,24-25,38-39H,7-8H2,1-6H3,(H,40,41)(H,42,53)(H2,29,30,31)/t14-,15?,16?,18+,19?,20?,21-,24+,25?,26+,27?,52?/m0/s1. The number of hydrogen-bond acceptors (Lipinski definition) is 20. The molecule has 0 radical (unpaired) electrons. The van der Waals surface area contributed by atoms with Crippen molar-refractivity contribution in [2.75, 3.05) is 33.0 Å². The van der Waals surface area contributed by atoms with E-state index in [1.54, 1.807) is 19.0 Å². The molecule has 53 heavy (non-hydrogen) atoms. The second-order valence-electron chi connectivity index (χ2n) is 12.9. The van der Waals surface area contributed by atoms with Crippen molar-refractivity contribution in [2.24, 2.45) is 11.8 Å². The number of hydrogen-bond donors (Lipinski definition) is 5. The summed E-state index contributed by atoms with van der Waals surface area (Å²) in [5.41, 5.74) is 4.80. The molecule has 2 aliphatic heterocycles. The zero-order valence-electron chi connectivity index (χ0n) is 28.9. The number of aliphatic hydroxyl groups excluding tert-OH is 2. The first-order chi connectivity index (χ1) is 24.5. The van der Waals surface area contributed by atoms with Crippen LogP contribution in [-0.4, -0.2) is 133 Å². The molecule has 3 fully saturated rings. The number of aliphatic hydroxyl groups is 2. The van der Waals surface area contributed by atoms with E-state index in [1.807, 2.05) is 0 Å². The number of phosphoric acid groups is 1. The Bertz CT molecular complexity index is 1840. The highest BCUT2D eigenvalue weighted by atomic mass is 32.7. The van der Waals surface area contributed by atoms with Crippen LogP contribution in [0.3, 0.4) is 0 Å². The molecule has 1 saturated carbocycles. The molecule has 8 unspecified atom stereocenters. The lowest BCUT2D eigenvalue weighted by Gasteiger charge is -2.51. The Morgan fingerprint density at radius 2 is 1.81 bits per heavy atom. The molecular weight excluding hydrogens is 777 g/mol. The van der Waals surface area contributed by atoms with E-state index in [2.05, 4.69) is 31.9 Å². The second kappa shape index (κ2) is 15.0. The van der Waals surface area contributed by atoms with Crippen molar-refractivity contribution < 1.29 is 80.1 Å². The fourth-order valence-corrected chi connectivity index (χ4v) is 9.99. The smallest absolute Gasteiger partial charge is 0.463 e. The predicted molar refractivity (Wildman–Crippen MR) is 176 cm³/mol. The summed E-state index contributed by atoms with van der Waals surface area (Å²) in [6, 6.07) is -0.786. The van der Waals surface area contributed by atoms with Crippen LogP contribution in [0.4, 0.5) is 10.2 Å². The van der Waals surface area contributed by atoms with Crippen molar-refractivity contribution >= 4 is 61.8 Å². The third-order valence-corrected chi connectivity index (χ3v) is 12.5. The van der Waals surface area contributed by atoms with Gasteiger partial charge in [0.15, 0.2) is 24.0 Å². The fourth-order valence-electron chi connectivity index (χ4n) is 6.74. The van der Waals surface area contributed by atoms with Gasteiger partial charge in [0.1, 0.15) is 54.5 Å². The van der Waals surface area contributed by atoms with Crippen LogP contribution in [0.5, 0.6) is 0 Å². The number of nitrogens with two attached hydrogens (primary N) is 1. The van der Waals surface area contributed by atoms with E-state index in [-0.39, 0.29) is 17.0 Å². The molecule has 1 aliphatic carbocycles. The Morgan fingerprint density at radius 1 is 1.13 bits per heavy atom. The first-order valence-corrected chi connectivity index (χ1v) is 19.9. The van der Waals surface area contributed by atoms with Gasteiger partial charge in [-0.15, -0.1) is 0 Å². The molecule has 2 aromatic heterocycles. The average molecular weight is 817 g/mol. The number of imidazole rings is 1. The molecule has 0 bridgehead atoms. The van der Waals surface area contributed by atoms with Crippen LogP contribution in [0.25, 0.3) is 11.2 Å². The molecule has 0 aromatic carbocycles. The molecule has 296 valence electrons. The minimum atomic E-state index is -5.57. The van der Waals surface area contributed by atoms with E-state index in [0.717, 1.165) is 20.8 Å². The van der Waals surface area contributed by atoms with Crippen molar-refractivity contribution in [1.82, 2.24) is 24.4 Å². The molecule has 0 amide bonds. The number of nitrogens with zero attached hydrogens (tertiary/aromatic N) is 5. The molecule has 4 heterocycles. The lowest BCUT2D eigenvalue weighted by molar-refractivity contribution is -0.425. The number of aromatic nitrogens is 4. The number of carbonyl (C=O) groups excluding carboxylic acids is 3. The van der Waals surface area contributed by atoms with Gasteiger partial charge in [-0.25, -0.2) is 28.5 Å². The van der Waals surface area contributed by atoms with E-state index in [9.17, 15) is 38.6 Å². The number of likely N-dealkylation sites (N-methyl/N-ethyl adjacent to an activating group) is 1. The first kappa shape index (κ1) is 41.3. The third-order valence-electron chi connectivity index (χ3n) is 8.87. The number of ether oxygens (including phenoxy) is 5. The molecule has 5 rings (SSSR count). The number of nitrogen functional groups attached to an aromatic ring is 1. The zero-order valence-corrected chi connectivity index (χ0v) is 31.6. The predicted octanol–water partition coefficient (Wildman–Crippen LogP) is 0.231. The summed E-state index contributed by atoms with van der Waals surface area (Å²) in [5, 5.41) is 22.4. The molecule has 13 atom stereocenters. The summed E-state index contributed by atoms with van der Waals surface area (Å²) < 4.78 is 85.3. The van der Waals surface area contributed by atoms with Crippen molar-refractivity contribution in [3.63, 3.8) is 0 Å². The van der Waals surface area contributed by atoms with Crippen molar-refractivity contribution in [3.05, 3.63) is 12.7 Å². The van der Waals surface area contributed by atoms with E-state index in [0.29, 0.717) is 0 Å². The van der Waals surface area contributed by atoms with Crippen LogP contribution in [0, 0.1) is 11.8 Å². The quantitative estimate of drug-likeness (QED) is 0.0738. The number of phosphoric ester groups is 1. The number of carbonyl (C=O) groups is 3. The number of fused-ring (bicyclic) bond motifs is 2. The van der Waals surface area contributed by atoms with Crippen LogP contribution in [0.1, 0.15) is 33.9 Å². The van der Waals surface area contributed by atoms with Gasteiger partial charge in [-0.1, -0.05) is 12.2 Å². The Morgan fingerprint density at radius 3 is 2.42 bits per heavy atom. The Balaban J connectivity index is 1.31. The summed E-state index contributed by atoms with van der Waals surface area (Å²) in [5.74, 6) is -8.83. The number of rotatable bonds is 14. The molecule has 2 aromatic rings. The molecule has 0 spiro atoms. The number of thiol groups is 1. The third kappa shape index (κ3) is 8.10. The largest absolute Gasteiger partial charge is 0.482 e. The van der Waals surface area contributed by atoms with Gasteiger partial charge in [0.05, 0.1) is 24.9 Å². The SMILES string of the molecule is CC(=O)OC[C@H](F)C1C(O)C(OC(C)=O)C2C(OP(=O)(O)OP(=O)(S)OC[C@@]3(C)O[C@@H](n4cnc5c(N)ncnc54)[C@H](N(C)C)[C@@H]3O)OC21OC(C)=O. The summed E-state index contributed by atoms with van der Waals surface area (Å²) in [6.45, 7) is -2.32. The van der Waals surface area contributed by atoms with Crippen LogP contribution in [0.2, 0.25) is 0 Å². The van der Waals surface area contributed by atoms with Gasteiger partial charge in [0.2, 0.25) is 5.79 Å². The second-order valence-corrected chi connectivity index (χ2v) is 17.4. The summed E-state index contributed by atoms with van der Waals surface area (Å²) in [7, 11) is -2.25. The summed E-state index contributed by atoms with van der Waals surface area (Å²) in [4.78, 5) is 60.0. The van der Waals surface area contributed by atoms with Gasteiger partial charge in [0, 0.05) is 20.8 Å². The topological polar surface area (TPSA) is 293 Å². The summed E-state index contributed by atoms with van der Waals surface area (Å²) in [6.07, 6.45) is -7.78. The monoisotopic (exact) mass is 816 g/mol. The molecule has 22 nitrogen and oxygen atoms in total. The zero-order chi connectivity index (χ0) is 39.4. The van der Waals surface area contributed by atoms with Crippen LogP contribution < -0.4 is 5.73 Å². The molecule has 5 N–H and O–H groups in total. The number of alkyl halides is 1. The van der Waals surface area contributed by atoms with Gasteiger partial charge in [0.25, 0.3) is 0 Å². The highest BCUT2D eigenvalue weighted by molar-refractivity contribution is 8.45. The number of halogens is 1. The maximum atomic E-state index is 15.5. The van der Waals surface area contributed by atoms with E-state index in [1.165, 1.54) is 24.1 Å². The maximum Gasteiger partial charge on any atom is 0.482 e. The molecule has 2 saturated heterocycles. The lowest BCUT2D eigenvalue weighted by Crippen LogP contribution is -2.66. The number of esters is 3. The normalized spacial score (nSPS) is 35.2. The number of anilines is 1. The highest BCUT2D eigenvalue weighted by Gasteiger charge is 2.78. The molecule has 26 heteroatoms. The minimum Gasteiger partial charge on any atom is -0.463 e. The maximum absolute atomic E-state index is 15.5. The molecular formula is C27H39FN6O16P2S. The van der Waals surface area contributed by atoms with Gasteiger partial charge >= 0.3 is 32.5 Å². The van der Waals surface area contributed by atoms with E-state index >= 15 is 4.39 Å². The van der Waals surface area contributed by atoms with E-state index in [4.69, 9.17) is 38.0 Å². The van der Waals surface area contributed by atoms with Crippen molar-refractivity contribution in [2.45, 2.75) is 82.1 Å². The van der Waals surface area contributed by atoms with Gasteiger partial charge in [-0.3, -0.25) is 32.9 Å². The lowest BCUT2D eigenvalue weighted by atomic mass is 9.86. The van der Waals surface area contributed by atoms with Crippen LogP contribution >= 0.6 is 26.9 Å². The van der Waals surface area contributed by atoms with Crippen LogP contribution in [0.15, 0.2) is 12.7 Å². The Labute approximate surface area is 305 Å². The van der Waals surface area contributed by atoms with Crippen molar-refractivity contribution in [3.8, 4) is 0 Å². The molecule has 3 aliphatic rings. The van der Waals surface area contributed by atoms with Crippen LogP contribution in [-0.2, 0) is 60.6 Å². The van der Waals surface area contributed by atoms with Gasteiger partial charge in [-0.2, -0.15) is 4.31 Å². The highest BCUT2D eigenvalue weighted by Crippen LogP contribution is 2.69. The fraction of sp³-hybridized carbons (Fsp3) is 0.704. The summed E-state index contributed by atoms with van der Waals surface area (Å²) >= 11 is 3.78. The Kier molecular flexibility index (Phi) is 11.7. The first-order valence-electron chi connectivity index (χ1n) is 15.7. The Hall–Kier alpha value is -2.86. The van der Waals surface area contributed by atoms with E-state index < -0.39 is 112 Å². The van der Waals surface area contributed by atoms with Gasteiger partial charge in [-0.05, 0) is 21.0 Å². The minimum absolute atomic E-state index is 0.102.